The molecule has 0 aromatic heterocycles. The van der Waals surface area contributed by atoms with Gasteiger partial charge in [-0.25, -0.2) is 0 Å². The van der Waals surface area contributed by atoms with Crippen LogP contribution in [0, 0.1) is 5.92 Å². The molecule has 1 saturated carbocycles. The summed E-state index contributed by atoms with van der Waals surface area (Å²) in [5.41, 5.74) is -0.189. The Kier molecular flexibility index (Phi) is 4.22. The van der Waals surface area contributed by atoms with Gasteiger partial charge in [0.15, 0.2) is 8.32 Å². The molecule has 0 aromatic carbocycles. The molecular formula is C12H26O3Si. The average Bonchev–Trinajstić information content (AvgIpc) is 2.05. The summed E-state index contributed by atoms with van der Waals surface area (Å²) in [5, 5.41) is 19.2. The lowest BCUT2D eigenvalue weighted by Gasteiger charge is -2.43. The molecule has 4 heteroatoms. The highest BCUT2D eigenvalue weighted by Gasteiger charge is 2.39. The Labute approximate surface area is 100.0 Å². The number of hydrogen-bond acceptors (Lipinski definition) is 3. The maximum absolute atomic E-state index is 9.72. The van der Waals surface area contributed by atoms with Gasteiger partial charge >= 0.3 is 0 Å². The molecule has 0 saturated heterocycles. The van der Waals surface area contributed by atoms with Crippen LogP contribution in [0.2, 0.25) is 19.6 Å². The Morgan fingerprint density at radius 2 is 1.62 bits per heavy atom. The van der Waals surface area contributed by atoms with E-state index in [1.807, 2.05) is 0 Å². The molecule has 0 bridgehead atoms. The van der Waals surface area contributed by atoms with Gasteiger partial charge in [-0.3, -0.25) is 0 Å². The molecule has 3 atom stereocenters. The molecule has 1 aliphatic carbocycles. The Morgan fingerprint density at radius 3 is 2.06 bits per heavy atom. The highest BCUT2D eigenvalue weighted by molar-refractivity contribution is 6.69. The molecule has 1 rings (SSSR count). The van der Waals surface area contributed by atoms with Crippen molar-refractivity contribution in [2.24, 2.45) is 5.92 Å². The van der Waals surface area contributed by atoms with Crippen molar-refractivity contribution in [3.05, 3.63) is 0 Å². The number of aliphatic hydroxyl groups excluding tert-OH is 2. The lowest BCUT2D eigenvalue weighted by molar-refractivity contribution is -0.0693. The van der Waals surface area contributed by atoms with E-state index in [0.29, 0.717) is 18.8 Å². The monoisotopic (exact) mass is 246 g/mol. The van der Waals surface area contributed by atoms with Crippen LogP contribution in [0.5, 0.6) is 0 Å². The van der Waals surface area contributed by atoms with Crippen LogP contribution in [0.3, 0.4) is 0 Å². The van der Waals surface area contributed by atoms with Crippen molar-refractivity contribution >= 4 is 8.32 Å². The molecule has 0 unspecified atom stereocenters. The quantitative estimate of drug-likeness (QED) is 0.750. The van der Waals surface area contributed by atoms with Gasteiger partial charge in [0.1, 0.15) is 0 Å². The van der Waals surface area contributed by atoms with Gasteiger partial charge in [-0.05, 0) is 58.7 Å². The fourth-order valence-electron chi connectivity index (χ4n) is 2.63. The molecule has 96 valence electrons. The van der Waals surface area contributed by atoms with E-state index in [1.54, 1.807) is 0 Å². The van der Waals surface area contributed by atoms with Gasteiger partial charge in [0, 0.05) is 0 Å². The van der Waals surface area contributed by atoms with Crippen LogP contribution in [-0.4, -0.2) is 36.3 Å². The minimum Gasteiger partial charge on any atom is -0.412 e. The molecule has 16 heavy (non-hydrogen) atoms. The maximum Gasteiger partial charge on any atom is 0.184 e. The van der Waals surface area contributed by atoms with Crippen molar-refractivity contribution in [3.8, 4) is 0 Å². The van der Waals surface area contributed by atoms with Gasteiger partial charge < -0.3 is 14.6 Å². The summed E-state index contributed by atoms with van der Waals surface area (Å²) < 4.78 is 6.19. The van der Waals surface area contributed by atoms with Crippen LogP contribution in [0.25, 0.3) is 0 Å². The fourth-order valence-corrected chi connectivity index (χ4v) is 4.38. The summed E-state index contributed by atoms with van der Waals surface area (Å²) in [4.78, 5) is 0. The van der Waals surface area contributed by atoms with E-state index in [9.17, 15) is 10.2 Å². The molecule has 0 radical (unpaired) electrons. The van der Waals surface area contributed by atoms with E-state index in [1.165, 1.54) is 0 Å². The highest BCUT2D eigenvalue weighted by Crippen LogP contribution is 2.36. The van der Waals surface area contributed by atoms with Crippen LogP contribution in [0.15, 0.2) is 0 Å². The molecule has 2 N–H and O–H groups in total. The summed E-state index contributed by atoms with van der Waals surface area (Å²) in [6, 6.07) is 0. The first-order chi connectivity index (χ1) is 7.12. The summed E-state index contributed by atoms with van der Waals surface area (Å²) in [6.07, 6.45) is 1.15. The second-order valence-corrected chi connectivity index (χ2v) is 10.9. The molecule has 1 aliphatic rings. The smallest absolute Gasteiger partial charge is 0.184 e. The van der Waals surface area contributed by atoms with Gasteiger partial charge in [0.25, 0.3) is 0 Å². The topological polar surface area (TPSA) is 49.7 Å². The third kappa shape index (κ3) is 3.84. The Balaban J connectivity index is 2.62. The van der Waals surface area contributed by atoms with Crippen molar-refractivity contribution in [1.29, 1.82) is 0 Å². The van der Waals surface area contributed by atoms with Crippen molar-refractivity contribution in [3.63, 3.8) is 0 Å². The summed E-state index contributed by atoms with van der Waals surface area (Å²) in [5.74, 6) is 0.345. The van der Waals surface area contributed by atoms with Crippen molar-refractivity contribution in [2.45, 2.75) is 70.6 Å². The van der Waals surface area contributed by atoms with Crippen LogP contribution >= 0.6 is 0 Å². The van der Waals surface area contributed by atoms with E-state index < -0.39 is 20.5 Å². The van der Waals surface area contributed by atoms with Crippen molar-refractivity contribution in [1.82, 2.24) is 0 Å². The lowest BCUT2D eigenvalue weighted by atomic mass is 9.76. The zero-order chi connectivity index (χ0) is 12.6. The summed E-state index contributed by atoms with van der Waals surface area (Å²) >= 11 is 0. The third-order valence-corrected chi connectivity index (χ3v) is 4.47. The van der Waals surface area contributed by atoms with Gasteiger partial charge in [0.05, 0.1) is 17.8 Å². The van der Waals surface area contributed by atoms with E-state index in [2.05, 4.69) is 33.5 Å². The molecule has 0 heterocycles. The first-order valence-corrected chi connectivity index (χ1v) is 9.59. The molecule has 0 amide bonds. The summed E-state index contributed by atoms with van der Waals surface area (Å²) in [6.45, 7) is 10.8. The Bertz CT molecular complexity index is 235. The van der Waals surface area contributed by atoms with E-state index >= 15 is 0 Å². The SMILES string of the molecule is CC(C)(O[Si](C)(C)C)[C@@H]1CC[C@H](O)[C@H](O)C1. The van der Waals surface area contributed by atoms with Crippen LogP contribution in [0.1, 0.15) is 33.1 Å². The number of aliphatic hydroxyl groups is 2. The molecule has 0 aliphatic heterocycles. The van der Waals surface area contributed by atoms with Crippen LogP contribution < -0.4 is 0 Å². The third-order valence-electron chi connectivity index (χ3n) is 3.33. The normalized spacial score (nSPS) is 32.8. The van der Waals surface area contributed by atoms with E-state index in [-0.39, 0.29) is 5.60 Å². The predicted molar refractivity (Wildman–Crippen MR) is 67.9 cm³/mol. The van der Waals surface area contributed by atoms with Crippen molar-refractivity contribution < 1.29 is 14.6 Å². The summed E-state index contributed by atoms with van der Waals surface area (Å²) in [7, 11) is -1.56. The number of rotatable bonds is 3. The second-order valence-electron chi connectivity index (χ2n) is 6.46. The van der Waals surface area contributed by atoms with E-state index in [0.717, 1.165) is 6.42 Å². The molecule has 0 aromatic rings. The van der Waals surface area contributed by atoms with Gasteiger partial charge in [-0.1, -0.05) is 0 Å². The highest BCUT2D eigenvalue weighted by atomic mass is 28.4. The number of hydrogen-bond donors (Lipinski definition) is 2. The van der Waals surface area contributed by atoms with Crippen LogP contribution in [0.4, 0.5) is 0 Å². The van der Waals surface area contributed by atoms with Crippen LogP contribution in [-0.2, 0) is 4.43 Å². The molecule has 3 nitrogen and oxygen atoms in total. The second kappa shape index (κ2) is 4.76. The van der Waals surface area contributed by atoms with E-state index in [4.69, 9.17) is 4.43 Å². The minimum absolute atomic E-state index is 0.189. The molecule has 1 fully saturated rings. The van der Waals surface area contributed by atoms with Gasteiger partial charge in [0.2, 0.25) is 0 Å². The standard InChI is InChI=1S/C12H26O3Si/c1-12(2,15-16(3,4)5)9-6-7-10(13)11(14)8-9/h9-11,13-14H,6-8H2,1-5H3/t9-,10+,11-/m1/s1. The first kappa shape index (κ1) is 14.2. The minimum atomic E-state index is -1.56. The zero-order valence-electron chi connectivity index (χ0n) is 11.2. The van der Waals surface area contributed by atoms with Gasteiger partial charge in [-0.15, -0.1) is 0 Å². The molecular weight excluding hydrogens is 220 g/mol. The largest absolute Gasteiger partial charge is 0.412 e. The Morgan fingerprint density at radius 1 is 1.06 bits per heavy atom. The average molecular weight is 246 g/mol. The van der Waals surface area contributed by atoms with Gasteiger partial charge in [-0.2, -0.15) is 0 Å². The van der Waals surface area contributed by atoms with Crippen molar-refractivity contribution in [2.75, 3.05) is 0 Å². The Hall–Kier alpha value is 0.0969. The first-order valence-electron chi connectivity index (χ1n) is 6.18. The fraction of sp³-hybridized carbons (Fsp3) is 1.00. The molecule has 0 spiro atoms. The maximum atomic E-state index is 9.72. The lowest BCUT2D eigenvalue weighted by Crippen LogP contribution is -2.48. The predicted octanol–water partition coefficient (Wildman–Crippen LogP) is 2.14. The zero-order valence-corrected chi connectivity index (χ0v) is 12.2.